The van der Waals surface area contributed by atoms with Crippen molar-refractivity contribution < 1.29 is 14.3 Å². The van der Waals surface area contributed by atoms with Gasteiger partial charge in [0.05, 0.1) is 13.2 Å². The number of para-hydroxylation sites is 1. The fraction of sp³-hybridized carbons (Fsp3) is 0.556. The van der Waals surface area contributed by atoms with Gasteiger partial charge in [0, 0.05) is 31.6 Å². The summed E-state index contributed by atoms with van der Waals surface area (Å²) in [6.07, 6.45) is 0.623. The highest BCUT2D eigenvalue weighted by Gasteiger charge is 2.40. The second-order valence-electron chi connectivity index (χ2n) is 7.16. The van der Waals surface area contributed by atoms with Crippen molar-refractivity contribution in [1.82, 2.24) is 15.1 Å². The number of carbonyl (C=O) groups is 2. The molecular formula is C18H25N3O3. The summed E-state index contributed by atoms with van der Waals surface area (Å²) in [6.45, 7) is 6.38. The normalized spacial score (nSPS) is 20.6. The molecule has 2 heterocycles. The summed E-state index contributed by atoms with van der Waals surface area (Å²) in [5, 5.41) is 2.85. The van der Waals surface area contributed by atoms with Crippen molar-refractivity contribution in [2.24, 2.45) is 5.41 Å². The molecule has 1 unspecified atom stereocenters. The van der Waals surface area contributed by atoms with Crippen molar-refractivity contribution in [3.8, 4) is 5.75 Å². The average Bonchev–Trinajstić information content (AvgIpc) is 2.95. The first kappa shape index (κ1) is 16.6. The third-order valence-electron chi connectivity index (χ3n) is 4.92. The van der Waals surface area contributed by atoms with Gasteiger partial charge in [0.15, 0.2) is 0 Å². The molecule has 0 spiro atoms. The fourth-order valence-electron chi connectivity index (χ4n) is 3.62. The highest BCUT2D eigenvalue weighted by atomic mass is 16.5. The maximum atomic E-state index is 13.1. The summed E-state index contributed by atoms with van der Waals surface area (Å²) in [7, 11) is 1.65. The van der Waals surface area contributed by atoms with E-state index in [1.165, 1.54) is 0 Å². The number of fused-ring (bicyclic) bond motifs is 1. The Labute approximate surface area is 142 Å². The Morgan fingerprint density at radius 2 is 2.08 bits per heavy atom. The molecule has 0 radical (unpaired) electrons. The molecule has 2 fully saturated rings. The van der Waals surface area contributed by atoms with E-state index in [-0.39, 0.29) is 18.0 Å². The zero-order chi connectivity index (χ0) is 17.3. The molecule has 2 saturated heterocycles. The van der Waals surface area contributed by atoms with E-state index in [9.17, 15) is 9.59 Å². The van der Waals surface area contributed by atoms with Crippen molar-refractivity contribution in [2.45, 2.75) is 26.3 Å². The van der Waals surface area contributed by atoms with Crippen LogP contribution >= 0.6 is 0 Å². The summed E-state index contributed by atoms with van der Waals surface area (Å²) < 4.78 is 5.41. The second kappa shape index (κ2) is 6.34. The average molecular weight is 331 g/mol. The first-order chi connectivity index (χ1) is 11.4. The number of nitrogens with one attached hydrogen (secondary N) is 1. The number of benzene rings is 1. The van der Waals surface area contributed by atoms with Crippen LogP contribution in [0.5, 0.6) is 5.75 Å². The molecule has 3 amide bonds. The molecular weight excluding hydrogens is 306 g/mol. The maximum Gasteiger partial charge on any atom is 0.317 e. The minimum absolute atomic E-state index is 0.0135. The zero-order valence-electron chi connectivity index (χ0n) is 14.5. The Balaban J connectivity index is 1.70. The number of methoxy groups -OCH3 is 1. The van der Waals surface area contributed by atoms with E-state index in [2.05, 4.69) is 5.32 Å². The number of amides is 3. The Bertz CT molecular complexity index is 644. The summed E-state index contributed by atoms with van der Waals surface area (Å²) in [5.74, 6) is 0.946. The van der Waals surface area contributed by atoms with Crippen LogP contribution in [0.4, 0.5) is 4.79 Å². The number of urea groups is 1. The molecule has 1 aromatic carbocycles. The van der Waals surface area contributed by atoms with Crippen LogP contribution in [0.25, 0.3) is 0 Å². The van der Waals surface area contributed by atoms with Gasteiger partial charge in [-0.25, -0.2) is 4.79 Å². The van der Waals surface area contributed by atoms with Crippen molar-refractivity contribution in [3.05, 3.63) is 29.8 Å². The van der Waals surface area contributed by atoms with Gasteiger partial charge >= 0.3 is 6.03 Å². The van der Waals surface area contributed by atoms with Crippen molar-refractivity contribution >= 4 is 11.9 Å². The third kappa shape index (κ3) is 3.05. The quantitative estimate of drug-likeness (QED) is 0.909. The largest absolute Gasteiger partial charge is 0.496 e. The lowest BCUT2D eigenvalue weighted by atomic mass is 9.83. The molecule has 1 atom stereocenters. The van der Waals surface area contributed by atoms with Gasteiger partial charge in [0.1, 0.15) is 5.75 Å². The van der Waals surface area contributed by atoms with E-state index < -0.39 is 5.41 Å². The Morgan fingerprint density at radius 1 is 1.33 bits per heavy atom. The third-order valence-corrected chi connectivity index (χ3v) is 4.92. The molecule has 2 aliphatic rings. The monoisotopic (exact) mass is 331 g/mol. The Morgan fingerprint density at radius 3 is 2.83 bits per heavy atom. The molecule has 0 aromatic heterocycles. The molecule has 1 aromatic rings. The maximum absolute atomic E-state index is 13.1. The minimum atomic E-state index is -0.521. The van der Waals surface area contributed by atoms with Crippen LogP contribution < -0.4 is 10.1 Å². The summed E-state index contributed by atoms with van der Waals surface area (Å²) >= 11 is 0. The number of hydrogen-bond donors (Lipinski definition) is 1. The predicted molar refractivity (Wildman–Crippen MR) is 91.0 cm³/mol. The van der Waals surface area contributed by atoms with Crippen LogP contribution in [0.3, 0.4) is 0 Å². The van der Waals surface area contributed by atoms with Gasteiger partial charge in [-0.15, -0.1) is 0 Å². The van der Waals surface area contributed by atoms with Crippen molar-refractivity contribution in [3.63, 3.8) is 0 Å². The first-order valence-electron chi connectivity index (χ1n) is 8.38. The molecule has 2 aliphatic heterocycles. The molecule has 0 bridgehead atoms. The smallest absolute Gasteiger partial charge is 0.317 e. The minimum Gasteiger partial charge on any atom is -0.496 e. The number of rotatable bonds is 4. The van der Waals surface area contributed by atoms with Gasteiger partial charge in [0.25, 0.3) is 0 Å². The van der Waals surface area contributed by atoms with Crippen LogP contribution in [-0.2, 0) is 11.2 Å². The first-order valence-corrected chi connectivity index (χ1v) is 8.38. The van der Waals surface area contributed by atoms with Gasteiger partial charge in [0.2, 0.25) is 5.91 Å². The molecule has 0 saturated carbocycles. The van der Waals surface area contributed by atoms with Crippen LogP contribution in [0.2, 0.25) is 0 Å². The van der Waals surface area contributed by atoms with Crippen LogP contribution in [0.1, 0.15) is 19.4 Å². The molecule has 6 heteroatoms. The number of piperazine rings is 1. The van der Waals surface area contributed by atoms with E-state index in [0.29, 0.717) is 32.6 Å². The summed E-state index contributed by atoms with van der Waals surface area (Å²) in [4.78, 5) is 28.5. The number of nitrogens with zero attached hydrogens (tertiary/aromatic N) is 2. The van der Waals surface area contributed by atoms with Gasteiger partial charge in [-0.1, -0.05) is 32.0 Å². The van der Waals surface area contributed by atoms with E-state index in [1.807, 2.05) is 47.9 Å². The van der Waals surface area contributed by atoms with Gasteiger partial charge < -0.3 is 19.9 Å². The van der Waals surface area contributed by atoms with E-state index in [1.54, 1.807) is 7.11 Å². The van der Waals surface area contributed by atoms with Gasteiger partial charge in [-0.05, 0) is 18.1 Å². The SMILES string of the molecule is COc1ccccc1CC(C)(C)C(=O)N1CCN2C(=O)NCC2C1. The molecule has 0 aliphatic carbocycles. The van der Waals surface area contributed by atoms with E-state index >= 15 is 0 Å². The number of hydrogen-bond acceptors (Lipinski definition) is 3. The Kier molecular flexibility index (Phi) is 4.39. The molecule has 24 heavy (non-hydrogen) atoms. The van der Waals surface area contributed by atoms with Crippen LogP contribution in [0, 0.1) is 5.41 Å². The van der Waals surface area contributed by atoms with E-state index in [4.69, 9.17) is 4.74 Å². The highest BCUT2D eigenvalue weighted by molar-refractivity contribution is 5.83. The molecule has 1 N–H and O–H groups in total. The standard InChI is InChI=1S/C18H25N3O3/c1-18(2,10-13-6-4-5-7-15(13)24-3)16(22)20-8-9-21-14(12-20)11-19-17(21)23/h4-7,14H,8-12H2,1-3H3,(H,19,23). The summed E-state index contributed by atoms with van der Waals surface area (Å²) in [5.41, 5.74) is 0.516. The molecule has 130 valence electrons. The Hall–Kier alpha value is -2.24. The lowest BCUT2D eigenvalue weighted by Crippen LogP contribution is -2.56. The van der Waals surface area contributed by atoms with Crippen LogP contribution in [0.15, 0.2) is 24.3 Å². The topological polar surface area (TPSA) is 61.9 Å². The van der Waals surface area contributed by atoms with Crippen LogP contribution in [-0.4, -0.2) is 61.1 Å². The second-order valence-corrected chi connectivity index (χ2v) is 7.16. The lowest BCUT2D eigenvalue weighted by Gasteiger charge is -2.40. The predicted octanol–water partition coefficient (Wildman–Crippen LogP) is 1.50. The molecule has 6 nitrogen and oxygen atoms in total. The molecule has 3 rings (SSSR count). The van der Waals surface area contributed by atoms with Gasteiger partial charge in [-0.2, -0.15) is 0 Å². The highest BCUT2D eigenvalue weighted by Crippen LogP contribution is 2.30. The van der Waals surface area contributed by atoms with Gasteiger partial charge in [-0.3, -0.25) is 4.79 Å². The van der Waals surface area contributed by atoms with Crippen molar-refractivity contribution in [2.75, 3.05) is 33.3 Å². The summed E-state index contributed by atoms with van der Waals surface area (Å²) in [6, 6.07) is 7.90. The van der Waals surface area contributed by atoms with Crippen molar-refractivity contribution in [1.29, 1.82) is 0 Å². The number of carbonyl (C=O) groups excluding carboxylic acids is 2. The number of ether oxygens (including phenoxy) is 1. The fourth-order valence-corrected chi connectivity index (χ4v) is 3.62. The lowest BCUT2D eigenvalue weighted by molar-refractivity contribution is -0.142. The van der Waals surface area contributed by atoms with E-state index in [0.717, 1.165) is 11.3 Å². The zero-order valence-corrected chi connectivity index (χ0v) is 14.5.